The van der Waals surface area contributed by atoms with E-state index in [-0.39, 0.29) is 11.9 Å². The van der Waals surface area contributed by atoms with Crippen LogP contribution >= 0.6 is 11.8 Å². The van der Waals surface area contributed by atoms with Crippen molar-refractivity contribution in [1.29, 1.82) is 0 Å². The van der Waals surface area contributed by atoms with Crippen molar-refractivity contribution in [2.45, 2.75) is 51.6 Å². The lowest BCUT2D eigenvalue weighted by molar-refractivity contribution is -0.127. The van der Waals surface area contributed by atoms with Gasteiger partial charge in [-0.25, -0.2) is 9.79 Å². The summed E-state index contributed by atoms with van der Waals surface area (Å²) in [4.78, 5) is 32.2. The molecule has 1 fully saturated rings. The number of urea groups is 1. The number of imide groups is 1. The lowest BCUT2D eigenvalue weighted by atomic mass is 10.1. The van der Waals surface area contributed by atoms with E-state index < -0.39 is 12.2 Å². The number of hydrogen-bond donors (Lipinski definition) is 1. The van der Waals surface area contributed by atoms with Crippen LogP contribution in [-0.4, -0.2) is 58.0 Å². The lowest BCUT2D eigenvalue weighted by Crippen LogP contribution is -2.63. The molecule has 0 bridgehead atoms. The minimum Gasteiger partial charge on any atom is -0.336 e. The smallest absolute Gasteiger partial charge is 0.325 e. The van der Waals surface area contributed by atoms with Crippen LogP contribution in [0, 0.1) is 5.92 Å². The summed E-state index contributed by atoms with van der Waals surface area (Å²) in [6.07, 6.45) is 0.589. The van der Waals surface area contributed by atoms with Crippen molar-refractivity contribution in [3.63, 3.8) is 0 Å². The Hall–Kier alpha value is -1.24. The van der Waals surface area contributed by atoms with Crippen LogP contribution in [0.25, 0.3) is 0 Å². The summed E-state index contributed by atoms with van der Waals surface area (Å²) in [5.74, 6) is 0.315. The molecule has 7 heteroatoms. The van der Waals surface area contributed by atoms with Crippen molar-refractivity contribution >= 4 is 28.9 Å². The standard InChI is InChI=1S/C14H24N4O2S/c1-8(2)6-7-18-10-11(15-14(18)21-9(3)4)17(5)13(20)16-12(10)19/h8-11H,6-7H2,1-5H3,(H,16,19,20). The Balaban J connectivity index is 2.24. The summed E-state index contributed by atoms with van der Waals surface area (Å²) in [7, 11) is 1.69. The van der Waals surface area contributed by atoms with Crippen LogP contribution in [0.15, 0.2) is 4.99 Å². The molecule has 0 aliphatic carbocycles. The molecule has 2 aliphatic rings. The van der Waals surface area contributed by atoms with E-state index in [9.17, 15) is 9.59 Å². The molecule has 0 spiro atoms. The van der Waals surface area contributed by atoms with Gasteiger partial charge in [0.2, 0.25) is 0 Å². The van der Waals surface area contributed by atoms with Crippen LogP contribution in [0.2, 0.25) is 0 Å². The Labute approximate surface area is 130 Å². The molecule has 2 unspecified atom stereocenters. The molecule has 6 nitrogen and oxygen atoms in total. The van der Waals surface area contributed by atoms with Crippen molar-refractivity contribution in [2.75, 3.05) is 13.6 Å². The van der Waals surface area contributed by atoms with Crippen LogP contribution < -0.4 is 5.32 Å². The molecule has 0 aromatic carbocycles. The van der Waals surface area contributed by atoms with Gasteiger partial charge in [0.1, 0.15) is 0 Å². The number of amidine groups is 1. The molecular formula is C14H24N4O2S. The van der Waals surface area contributed by atoms with Gasteiger partial charge in [-0.05, 0) is 12.3 Å². The van der Waals surface area contributed by atoms with Crippen LogP contribution in [-0.2, 0) is 4.79 Å². The van der Waals surface area contributed by atoms with E-state index in [2.05, 4.69) is 42.9 Å². The first kappa shape index (κ1) is 16.1. The molecule has 118 valence electrons. The van der Waals surface area contributed by atoms with Crippen LogP contribution in [0.1, 0.15) is 34.1 Å². The van der Waals surface area contributed by atoms with E-state index in [1.807, 2.05) is 0 Å². The molecular weight excluding hydrogens is 288 g/mol. The zero-order chi connectivity index (χ0) is 15.7. The molecule has 0 radical (unpaired) electrons. The fraction of sp³-hybridized carbons (Fsp3) is 0.786. The van der Waals surface area contributed by atoms with E-state index in [1.165, 1.54) is 4.90 Å². The van der Waals surface area contributed by atoms with Gasteiger partial charge in [-0.2, -0.15) is 0 Å². The maximum atomic E-state index is 12.2. The first-order chi connectivity index (χ1) is 9.81. The van der Waals surface area contributed by atoms with E-state index >= 15 is 0 Å². The van der Waals surface area contributed by atoms with E-state index in [0.29, 0.717) is 11.2 Å². The molecule has 2 rings (SSSR count). The Kier molecular flexibility index (Phi) is 4.81. The predicted octanol–water partition coefficient (Wildman–Crippen LogP) is 1.72. The summed E-state index contributed by atoms with van der Waals surface area (Å²) in [6.45, 7) is 9.31. The van der Waals surface area contributed by atoms with Crippen molar-refractivity contribution in [1.82, 2.24) is 15.1 Å². The van der Waals surface area contributed by atoms with Crippen LogP contribution in [0.3, 0.4) is 0 Å². The predicted molar refractivity (Wildman–Crippen MR) is 85.2 cm³/mol. The van der Waals surface area contributed by atoms with Gasteiger partial charge in [-0.1, -0.05) is 39.5 Å². The van der Waals surface area contributed by atoms with Crippen molar-refractivity contribution in [3.8, 4) is 0 Å². The van der Waals surface area contributed by atoms with Gasteiger partial charge in [0.15, 0.2) is 17.4 Å². The second kappa shape index (κ2) is 6.25. The molecule has 3 amide bonds. The number of carbonyl (C=O) groups is 2. The molecule has 0 aromatic rings. The number of nitrogens with one attached hydrogen (secondary N) is 1. The zero-order valence-corrected chi connectivity index (χ0v) is 14.1. The van der Waals surface area contributed by atoms with Gasteiger partial charge >= 0.3 is 6.03 Å². The third-order valence-electron chi connectivity index (χ3n) is 3.61. The second-order valence-electron chi connectivity index (χ2n) is 6.22. The molecule has 1 N–H and O–H groups in total. The topological polar surface area (TPSA) is 65.0 Å². The largest absolute Gasteiger partial charge is 0.336 e. The molecule has 2 atom stereocenters. The molecule has 0 aromatic heterocycles. The van der Waals surface area contributed by atoms with E-state index in [4.69, 9.17) is 0 Å². The Morgan fingerprint density at radius 1 is 1.29 bits per heavy atom. The minimum atomic E-state index is -0.403. The normalized spacial score (nSPS) is 25.6. The molecule has 1 saturated heterocycles. The fourth-order valence-electron chi connectivity index (χ4n) is 2.44. The number of hydrogen-bond acceptors (Lipinski definition) is 5. The highest BCUT2D eigenvalue weighted by Crippen LogP contribution is 2.30. The van der Waals surface area contributed by atoms with Gasteiger partial charge < -0.3 is 9.80 Å². The number of amides is 3. The third kappa shape index (κ3) is 3.33. The van der Waals surface area contributed by atoms with Gasteiger partial charge in [0.05, 0.1) is 0 Å². The Bertz CT molecular complexity index is 464. The lowest BCUT2D eigenvalue weighted by Gasteiger charge is -2.36. The highest BCUT2D eigenvalue weighted by molar-refractivity contribution is 8.14. The van der Waals surface area contributed by atoms with Gasteiger partial charge in [0, 0.05) is 18.8 Å². The molecule has 2 aliphatic heterocycles. The maximum Gasteiger partial charge on any atom is 0.325 e. The third-order valence-corrected chi connectivity index (χ3v) is 4.63. The van der Waals surface area contributed by atoms with E-state index in [0.717, 1.165) is 18.1 Å². The fourth-order valence-corrected chi connectivity index (χ4v) is 3.37. The first-order valence-electron chi connectivity index (χ1n) is 7.40. The summed E-state index contributed by atoms with van der Waals surface area (Å²) in [5.41, 5.74) is 0. The average molecular weight is 312 g/mol. The Morgan fingerprint density at radius 3 is 2.52 bits per heavy atom. The van der Waals surface area contributed by atoms with Gasteiger partial charge in [-0.15, -0.1) is 0 Å². The van der Waals surface area contributed by atoms with Gasteiger partial charge in [0.25, 0.3) is 5.91 Å². The van der Waals surface area contributed by atoms with Crippen LogP contribution in [0.5, 0.6) is 0 Å². The molecule has 21 heavy (non-hydrogen) atoms. The van der Waals surface area contributed by atoms with Crippen LogP contribution in [0.4, 0.5) is 4.79 Å². The first-order valence-corrected chi connectivity index (χ1v) is 8.28. The number of carbonyl (C=O) groups excluding carboxylic acids is 2. The summed E-state index contributed by atoms with van der Waals surface area (Å²) in [5, 5.41) is 3.67. The highest BCUT2D eigenvalue weighted by Gasteiger charge is 2.48. The second-order valence-corrected chi connectivity index (χ2v) is 7.76. The van der Waals surface area contributed by atoms with Crippen molar-refractivity contribution in [2.24, 2.45) is 10.9 Å². The van der Waals surface area contributed by atoms with Gasteiger partial charge in [-0.3, -0.25) is 10.1 Å². The monoisotopic (exact) mass is 312 g/mol. The minimum absolute atomic E-state index is 0.241. The quantitative estimate of drug-likeness (QED) is 0.858. The number of rotatable bonds is 4. The van der Waals surface area contributed by atoms with Crippen molar-refractivity contribution < 1.29 is 9.59 Å². The number of nitrogens with zero attached hydrogens (tertiary/aromatic N) is 3. The molecule has 0 saturated carbocycles. The van der Waals surface area contributed by atoms with E-state index in [1.54, 1.807) is 18.8 Å². The average Bonchev–Trinajstić information content (AvgIpc) is 2.72. The summed E-state index contributed by atoms with van der Waals surface area (Å²) < 4.78 is 0. The summed E-state index contributed by atoms with van der Waals surface area (Å²) in [6, 6.07) is -0.766. The molecule has 2 heterocycles. The number of likely N-dealkylation sites (N-methyl/N-ethyl adjacent to an activating group) is 1. The Morgan fingerprint density at radius 2 is 1.95 bits per heavy atom. The maximum absolute atomic E-state index is 12.2. The van der Waals surface area contributed by atoms with Crippen molar-refractivity contribution in [3.05, 3.63) is 0 Å². The number of fused-ring (bicyclic) bond motifs is 1. The SMILES string of the molecule is CC(C)CCN1C(SC(C)C)=NC2C1C(=O)NC(=O)N2C. The highest BCUT2D eigenvalue weighted by atomic mass is 32.2. The summed E-state index contributed by atoms with van der Waals surface area (Å²) >= 11 is 1.65. The zero-order valence-electron chi connectivity index (χ0n) is 13.3. The number of thioether (sulfide) groups is 1. The number of aliphatic imine (C=N–C) groups is 1.